The number of nitrogens with two attached hydrogens (primary N) is 1. The van der Waals surface area contributed by atoms with Crippen molar-refractivity contribution in [1.82, 2.24) is 25.1 Å². The quantitative estimate of drug-likeness (QED) is 0.264. The SMILES string of the molecule is CCOC(=O)[C@@H]1CC2(CCN(c3cc(O[C@H](c4ccc(Cl)cc4-n4ncc5ccccc54)C(F)(F)F)nc(N)n3)CC2)CN1. The second-order valence-electron chi connectivity index (χ2n) is 11.2. The van der Waals surface area contributed by atoms with E-state index < -0.39 is 12.3 Å². The molecule has 0 bridgehead atoms. The summed E-state index contributed by atoms with van der Waals surface area (Å²) in [6.45, 7) is 3.94. The minimum atomic E-state index is -4.83. The number of halogens is 4. The van der Waals surface area contributed by atoms with Crippen molar-refractivity contribution >= 4 is 40.2 Å². The zero-order chi connectivity index (χ0) is 31.1. The van der Waals surface area contributed by atoms with E-state index in [1.807, 2.05) is 17.0 Å². The summed E-state index contributed by atoms with van der Waals surface area (Å²) >= 11 is 6.24. The molecule has 2 fully saturated rings. The number of anilines is 2. The third-order valence-electron chi connectivity index (χ3n) is 8.30. The van der Waals surface area contributed by atoms with Crippen LogP contribution in [-0.2, 0) is 9.53 Å². The molecule has 14 heteroatoms. The molecule has 4 aromatic rings. The van der Waals surface area contributed by atoms with Gasteiger partial charge >= 0.3 is 12.1 Å². The van der Waals surface area contributed by atoms with Gasteiger partial charge in [0, 0.05) is 41.7 Å². The van der Waals surface area contributed by atoms with Gasteiger partial charge in [0.2, 0.25) is 17.9 Å². The van der Waals surface area contributed by atoms with Crippen molar-refractivity contribution < 1.29 is 27.4 Å². The van der Waals surface area contributed by atoms with E-state index in [0.29, 0.717) is 44.0 Å². The van der Waals surface area contributed by atoms with Crippen LogP contribution in [0.3, 0.4) is 0 Å². The van der Waals surface area contributed by atoms with Crippen molar-refractivity contribution in [2.75, 3.05) is 36.9 Å². The smallest absolute Gasteiger partial charge is 0.429 e. The maximum atomic E-state index is 14.7. The van der Waals surface area contributed by atoms with Crippen LogP contribution >= 0.6 is 11.6 Å². The van der Waals surface area contributed by atoms with Crippen molar-refractivity contribution in [3.8, 4) is 11.6 Å². The van der Waals surface area contributed by atoms with Gasteiger partial charge in [0.25, 0.3) is 0 Å². The van der Waals surface area contributed by atoms with Gasteiger partial charge in [-0.1, -0.05) is 35.9 Å². The largest absolute Gasteiger partial charge is 0.465 e. The van der Waals surface area contributed by atoms with Crippen LogP contribution in [0, 0.1) is 5.41 Å². The molecular weight excluding hydrogens is 599 g/mol. The number of carbonyl (C=O) groups excluding carboxylic acids is 1. The molecule has 3 N–H and O–H groups in total. The Morgan fingerprint density at radius 3 is 2.70 bits per heavy atom. The first-order valence-corrected chi connectivity index (χ1v) is 14.7. The second-order valence-corrected chi connectivity index (χ2v) is 11.6. The normalized spacial score (nSPS) is 18.9. The van der Waals surface area contributed by atoms with Crippen LogP contribution < -0.4 is 20.7 Å². The lowest BCUT2D eigenvalue weighted by atomic mass is 9.76. The Hall–Kier alpha value is -4.10. The number of piperidine rings is 1. The molecule has 4 heterocycles. The summed E-state index contributed by atoms with van der Waals surface area (Å²) in [5, 5.41) is 8.60. The summed E-state index contributed by atoms with van der Waals surface area (Å²) in [5.74, 6) is -0.407. The molecule has 2 atom stereocenters. The van der Waals surface area contributed by atoms with Crippen LogP contribution in [-0.4, -0.2) is 64.2 Å². The molecule has 2 aliphatic rings. The van der Waals surface area contributed by atoms with Gasteiger partial charge in [-0.25, -0.2) is 4.68 Å². The van der Waals surface area contributed by atoms with Gasteiger partial charge in [0.1, 0.15) is 11.9 Å². The van der Waals surface area contributed by atoms with E-state index in [-0.39, 0.29) is 45.5 Å². The van der Waals surface area contributed by atoms with Crippen molar-refractivity contribution in [2.24, 2.45) is 5.41 Å². The molecule has 0 radical (unpaired) electrons. The Kier molecular flexibility index (Phi) is 8.01. The predicted molar refractivity (Wildman–Crippen MR) is 159 cm³/mol. The van der Waals surface area contributed by atoms with Gasteiger partial charge in [-0.3, -0.25) is 4.79 Å². The highest BCUT2D eigenvalue weighted by Crippen LogP contribution is 2.43. The number of nitrogen functional groups attached to an aromatic ring is 1. The number of alkyl halides is 3. The molecule has 0 amide bonds. The Morgan fingerprint density at radius 1 is 1.18 bits per heavy atom. The molecule has 2 aromatic carbocycles. The van der Waals surface area contributed by atoms with Gasteiger partial charge in [-0.15, -0.1) is 0 Å². The fraction of sp³-hybridized carbons (Fsp3) is 0.400. The zero-order valence-corrected chi connectivity index (χ0v) is 24.6. The van der Waals surface area contributed by atoms with E-state index in [2.05, 4.69) is 20.4 Å². The van der Waals surface area contributed by atoms with E-state index in [1.165, 1.54) is 28.9 Å². The molecule has 0 saturated carbocycles. The summed E-state index contributed by atoms with van der Waals surface area (Å²) in [4.78, 5) is 22.5. The molecule has 2 saturated heterocycles. The number of hydrogen-bond acceptors (Lipinski definition) is 9. The number of fused-ring (bicyclic) bond motifs is 1. The third-order valence-corrected chi connectivity index (χ3v) is 8.54. The van der Waals surface area contributed by atoms with Crippen molar-refractivity contribution in [1.29, 1.82) is 0 Å². The Morgan fingerprint density at radius 2 is 1.95 bits per heavy atom. The van der Waals surface area contributed by atoms with E-state index in [4.69, 9.17) is 26.8 Å². The first-order chi connectivity index (χ1) is 21.0. The lowest BCUT2D eigenvalue weighted by Gasteiger charge is -2.39. The molecule has 0 aliphatic carbocycles. The topological polar surface area (TPSA) is 120 Å². The molecule has 2 aromatic heterocycles. The number of nitrogens with zero attached hydrogens (tertiary/aromatic N) is 5. The van der Waals surface area contributed by atoms with E-state index >= 15 is 0 Å². The Bertz CT molecular complexity index is 1670. The van der Waals surface area contributed by atoms with Gasteiger partial charge in [0.05, 0.1) is 24.0 Å². The average Bonchev–Trinajstić information content (AvgIpc) is 3.61. The average molecular weight is 630 g/mol. The first-order valence-electron chi connectivity index (χ1n) is 14.3. The number of nitrogens with one attached hydrogen (secondary N) is 1. The maximum absolute atomic E-state index is 14.7. The predicted octanol–water partition coefficient (Wildman–Crippen LogP) is 5.25. The molecule has 6 rings (SSSR count). The summed E-state index contributed by atoms with van der Waals surface area (Å²) in [6.07, 6.45) is -3.48. The minimum Gasteiger partial charge on any atom is -0.465 e. The monoisotopic (exact) mass is 629 g/mol. The van der Waals surface area contributed by atoms with E-state index in [9.17, 15) is 18.0 Å². The highest BCUT2D eigenvalue weighted by atomic mass is 35.5. The molecule has 232 valence electrons. The lowest BCUT2D eigenvalue weighted by Crippen LogP contribution is -2.41. The number of esters is 1. The van der Waals surface area contributed by atoms with Crippen LogP contribution in [0.2, 0.25) is 5.02 Å². The van der Waals surface area contributed by atoms with E-state index in [1.54, 1.807) is 25.3 Å². The van der Waals surface area contributed by atoms with Crippen molar-refractivity contribution in [3.05, 3.63) is 65.3 Å². The van der Waals surface area contributed by atoms with Crippen LogP contribution in [0.5, 0.6) is 5.88 Å². The maximum Gasteiger partial charge on any atom is 0.429 e. The molecule has 2 aliphatic heterocycles. The van der Waals surface area contributed by atoms with Crippen LogP contribution in [0.4, 0.5) is 24.9 Å². The Balaban J connectivity index is 1.25. The number of benzene rings is 2. The summed E-state index contributed by atoms with van der Waals surface area (Å²) in [7, 11) is 0. The van der Waals surface area contributed by atoms with Crippen LogP contribution in [0.25, 0.3) is 16.6 Å². The molecular formula is C30H31ClF3N7O3. The van der Waals surface area contributed by atoms with Crippen molar-refractivity contribution in [3.63, 3.8) is 0 Å². The highest BCUT2D eigenvalue weighted by molar-refractivity contribution is 6.30. The lowest BCUT2D eigenvalue weighted by molar-refractivity contribution is -0.198. The van der Waals surface area contributed by atoms with Gasteiger partial charge < -0.3 is 25.4 Å². The molecule has 44 heavy (non-hydrogen) atoms. The van der Waals surface area contributed by atoms with Gasteiger partial charge in [0.15, 0.2) is 0 Å². The number of ether oxygens (including phenoxy) is 2. The fourth-order valence-electron chi connectivity index (χ4n) is 6.08. The number of para-hydroxylation sites is 1. The number of aromatic nitrogens is 4. The number of hydrogen-bond donors (Lipinski definition) is 2. The summed E-state index contributed by atoms with van der Waals surface area (Å²) in [5.41, 5.74) is 6.43. The summed E-state index contributed by atoms with van der Waals surface area (Å²) < 4.78 is 56.2. The molecule has 1 spiro atoms. The second kappa shape index (κ2) is 11.8. The van der Waals surface area contributed by atoms with E-state index in [0.717, 1.165) is 18.2 Å². The van der Waals surface area contributed by atoms with Crippen LogP contribution in [0.1, 0.15) is 37.9 Å². The molecule has 10 nitrogen and oxygen atoms in total. The number of carbonyl (C=O) groups is 1. The van der Waals surface area contributed by atoms with Gasteiger partial charge in [-0.2, -0.15) is 28.2 Å². The Labute approximate surface area is 256 Å². The third kappa shape index (κ3) is 5.98. The van der Waals surface area contributed by atoms with Crippen LogP contribution in [0.15, 0.2) is 54.7 Å². The standard InChI is InChI=1S/C30H31ClF3N7O3/c1-2-43-27(42)21-15-29(17-36-21)9-11-40(12-10-29)24-14-25(39-28(35)38-24)44-26(30(32,33)34)20-8-7-19(31)13-23(20)41-22-6-4-3-5-18(22)16-37-41/h3-8,13-14,16,21,26,36H,2,9-12,15,17H2,1H3,(H2,35,38,39)/t21-,26+/m0/s1. The summed E-state index contributed by atoms with van der Waals surface area (Å²) in [6, 6.07) is 12.3. The van der Waals surface area contributed by atoms with Gasteiger partial charge in [-0.05, 0) is 49.8 Å². The fourth-order valence-corrected chi connectivity index (χ4v) is 6.25. The van der Waals surface area contributed by atoms with Crippen molar-refractivity contribution in [2.45, 2.75) is 44.5 Å². The number of rotatable bonds is 7. The first kappa shape index (κ1) is 29.9. The molecule has 0 unspecified atom stereocenters. The zero-order valence-electron chi connectivity index (χ0n) is 23.9. The minimum absolute atomic E-state index is 0.0745. The highest BCUT2D eigenvalue weighted by Gasteiger charge is 2.46.